The first-order valence-electron chi connectivity index (χ1n) is 12.6. The molecule has 2 bridgehead atoms. The number of thiocarbonyl (C=S) groups is 1. The Kier molecular flexibility index (Phi) is 5.88. The van der Waals surface area contributed by atoms with Crippen LogP contribution in [0.4, 0.5) is 11.4 Å². The lowest BCUT2D eigenvalue weighted by Gasteiger charge is -2.68. The SMILES string of the molecule is N#CC12CN(c3ccc(Cl)cc3)CC(C#N)(C3=NCN(c4ccc(Cl)cc4)CN3C1=S)C21CCCCC1. The van der Waals surface area contributed by atoms with Gasteiger partial charge >= 0.3 is 0 Å². The number of piperidine rings is 2. The highest BCUT2D eigenvalue weighted by atomic mass is 35.5. The number of nitrogens with zero attached hydrogens (tertiary/aromatic N) is 6. The van der Waals surface area contributed by atoms with E-state index < -0.39 is 16.2 Å². The van der Waals surface area contributed by atoms with Crippen LogP contribution >= 0.6 is 35.4 Å². The maximum atomic E-state index is 11.1. The maximum Gasteiger partial charge on any atom is 0.140 e. The summed E-state index contributed by atoms with van der Waals surface area (Å²) < 4.78 is 0. The topological polar surface area (TPSA) is 69.7 Å². The maximum absolute atomic E-state index is 11.1. The molecule has 4 aliphatic rings. The molecule has 1 saturated carbocycles. The summed E-state index contributed by atoms with van der Waals surface area (Å²) in [7, 11) is 0. The van der Waals surface area contributed by atoms with Crippen LogP contribution in [0, 0.1) is 38.9 Å². The van der Waals surface area contributed by atoms with E-state index >= 15 is 0 Å². The Labute approximate surface area is 232 Å². The second kappa shape index (κ2) is 8.88. The fraction of sp³-hybridized carbons (Fsp3) is 0.429. The third kappa shape index (κ3) is 3.34. The molecule has 188 valence electrons. The van der Waals surface area contributed by atoms with E-state index in [-0.39, 0.29) is 0 Å². The standard InChI is InChI=1S/C28H26Cl2N6S/c29-20-4-8-22(9-5-20)34-16-26(14-31)24-33-18-35(23-10-6-21(30)7-11-23)19-36(24)25(37)27(15-32,17-34)28(26)12-2-1-3-13-28/h4-11H,1-3,12-13,16-19H2. The van der Waals surface area contributed by atoms with E-state index in [2.05, 4.69) is 21.9 Å². The number of halogens is 2. The van der Waals surface area contributed by atoms with Crippen LogP contribution in [0.25, 0.3) is 0 Å². The zero-order chi connectivity index (χ0) is 25.8. The smallest absolute Gasteiger partial charge is 0.140 e. The number of benzene rings is 2. The van der Waals surface area contributed by atoms with Crippen molar-refractivity contribution in [2.75, 3.05) is 36.2 Å². The molecule has 0 aromatic heterocycles. The Morgan fingerprint density at radius 2 is 1.32 bits per heavy atom. The molecule has 1 aliphatic carbocycles. The summed E-state index contributed by atoms with van der Waals surface area (Å²) >= 11 is 18.5. The lowest BCUT2D eigenvalue weighted by molar-refractivity contribution is -0.0223. The van der Waals surface area contributed by atoms with Crippen LogP contribution in [-0.2, 0) is 0 Å². The summed E-state index contributed by atoms with van der Waals surface area (Å²) in [4.78, 5) is 11.9. The fourth-order valence-corrected chi connectivity index (χ4v) is 7.87. The van der Waals surface area contributed by atoms with Gasteiger partial charge in [-0.3, -0.25) is 0 Å². The third-order valence-electron chi connectivity index (χ3n) is 8.91. The first-order valence-corrected chi connectivity index (χ1v) is 13.8. The average molecular weight is 550 g/mol. The summed E-state index contributed by atoms with van der Waals surface area (Å²) in [5.74, 6) is 0.719. The number of hydrogen-bond acceptors (Lipinski definition) is 6. The predicted molar refractivity (Wildman–Crippen MR) is 151 cm³/mol. The van der Waals surface area contributed by atoms with E-state index in [0.29, 0.717) is 41.5 Å². The van der Waals surface area contributed by atoms with Crippen LogP contribution in [0.5, 0.6) is 0 Å². The average Bonchev–Trinajstić information content (AvgIpc) is 2.93. The van der Waals surface area contributed by atoms with Gasteiger partial charge in [0.05, 0.1) is 18.8 Å². The van der Waals surface area contributed by atoms with Crippen molar-refractivity contribution >= 4 is 57.6 Å². The first kappa shape index (κ1) is 24.5. The molecular formula is C28H26Cl2N6S. The molecule has 9 heteroatoms. The molecule has 6 rings (SSSR count). The predicted octanol–water partition coefficient (Wildman–Crippen LogP) is 6.26. The van der Waals surface area contributed by atoms with Gasteiger partial charge in [-0.1, -0.05) is 54.7 Å². The second-order valence-corrected chi connectivity index (χ2v) is 11.8. The number of aliphatic imine (C=N–C) groups is 1. The molecule has 2 aromatic carbocycles. The van der Waals surface area contributed by atoms with Crippen LogP contribution in [-0.4, -0.2) is 42.2 Å². The number of nitriles is 2. The van der Waals surface area contributed by atoms with Crippen molar-refractivity contribution in [3.05, 3.63) is 58.6 Å². The minimum absolute atomic E-state index is 0.413. The zero-order valence-electron chi connectivity index (χ0n) is 20.3. The van der Waals surface area contributed by atoms with Gasteiger partial charge in [0, 0.05) is 39.9 Å². The summed E-state index contributed by atoms with van der Waals surface area (Å²) in [5, 5.41) is 23.4. The summed E-state index contributed by atoms with van der Waals surface area (Å²) in [6.07, 6.45) is 4.69. The lowest BCUT2D eigenvalue weighted by atomic mass is 9.42. The monoisotopic (exact) mass is 548 g/mol. The Morgan fingerprint density at radius 3 is 1.89 bits per heavy atom. The van der Waals surface area contributed by atoms with Crippen molar-refractivity contribution in [3.8, 4) is 12.1 Å². The minimum atomic E-state index is -1.00. The van der Waals surface area contributed by atoms with E-state index in [4.69, 9.17) is 40.4 Å². The molecule has 0 amide bonds. The van der Waals surface area contributed by atoms with Crippen molar-refractivity contribution in [2.24, 2.45) is 21.2 Å². The van der Waals surface area contributed by atoms with Gasteiger partial charge < -0.3 is 14.7 Å². The highest BCUT2D eigenvalue weighted by Crippen LogP contribution is 2.67. The van der Waals surface area contributed by atoms with E-state index in [1.807, 2.05) is 53.4 Å². The number of amidine groups is 1. The molecule has 3 aliphatic heterocycles. The van der Waals surface area contributed by atoms with E-state index in [9.17, 15) is 10.5 Å². The second-order valence-electron chi connectivity index (χ2n) is 10.5. The molecule has 2 saturated heterocycles. The number of hydrogen-bond donors (Lipinski definition) is 0. The van der Waals surface area contributed by atoms with Crippen molar-refractivity contribution in [3.63, 3.8) is 0 Å². The van der Waals surface area contributed by atoms with Gasteiger partial charge in [-0.05, 0) is 61.4 Å². The van der Waals surface area contributed by atoms with Gasteiger partial charge in [0.2, 0.25) is 0 Å². The summed E-state index contributed by atoms with van der Waals surface area (Å²) in [5.41, 5.74) is -0.629. The number of rotatable bonds is 2. The molecule has 6 nitrogen and oxygen atoms in total. The highest BCUT2D eigenvalue weighted by Gasteiger charge is 2.75. The summed E-state index contributed by atoms with van der Waals surface area (Å²) in [6, 6.07) is 20.8. The van der Waals surface area contributed by atoms with Crippen LogP contribution < -0.4 is 9.80 Å². The Bertz CT molecular complexity index is 1360. The molecule has 37 heavy (non-hydrogen) atoms. The van der Waals surface area contributed by atoms with Crippen LogP contribution in [0.3, 0.4) is 0 Å². The number of anilines is 2. The first-order chi connectivity index (χ1) is 17.9. The molecule has 1 spiro atoms. The molecule has 2 atom stereocenters. The van der Waals surface area contributed by atoms with Gasteiger partial charge in [-0.25, -0.2) is 4.99 Å². The lowest BCUT2D eigenvalue weighted by Crippen LogP contribution is -2.79. The van der Waals surface area contributed by atoms with Crippen LogP contribution in [0.1, 0.15) is 32.1 Å². The van der Waals surface area contributed by atoms with Crippen LogP contribution in [0.2, 0.25) is 10.0 Å². The normalized spacial score (nSPS) is 28.3. The molecule has 0 radical (unpaired) electrons. The van der Waals surface area contributed by atoms with E-state index in [1.54, 1.807) is 0 Å². The van der Waals surface area contributed by atoms with Crippen molar-refractivity contribution < 1.29 is 0 Å². The Morgan fingerprint density at radius 1 is 0.784 bits per heavy atom. The van der Waals surface area contributed by atoms with E-state index in [0.717, 1.165) is 49.3 Å². The van der Waals surface area contributed by atoms with Crippen LogP contribution in [0.15, 0.2) is 53.5 Å². The molecule has 2 unspecified atom stereocenters. The molecular weight excluding hydrogens is 523 g/mol. The number of fused-ring (bicyclic) bond motifs is 2. The molecule has 0 N–H and O–H groups in total. The van der Waals surface area contributed by atoms with Gasteiger partial charge in [-0.2, -0.15) is 10.5 Å². The quantitative estimate of drug-likeness (QED) is 0.412. The van der Waals surface area contributed by atoms with Crippen molar-refractivity contribution in [2.45, 2.75) is 32.1 Å². The van der Waals surface area contributed by atoms with Crippen molar-refractivity contribution in [1.82, 2.24) is 4.90 Å². The third-order valence-corrected chi connectivity index (χ3v) is 9.99. The highest BCUT2D eigenvalue weighted by molar-refractivity contribution is 7.80. The Balaban J connectivity index is 1.52. The van der Waals surface area contributed by atoms with Gasteiger partial charge in [-0.15, -0.1) is 0 Å². The molecule has 2 aromatic rings. The van der Waals surface area contributed by atoms with Gasteiger partial charge in [0.1, 0.15) is 28.3 Å². The zero-order valence-corrected chi connectivity index (χ0v) is 22.7. The molecule has 3 heterocycles. The minimum Gasteiger partial charge on any atom is -0.367 e. The molecule has 3 fully saturated rings. The van der Waals surface area contributed by atoms with Gasteiger partial charge in [0.25, 0.3) is 0 Å². The largest absolute Gasteiger partial charge is 0.367 e. The Hall–Kier alpha value is -2.84. The van der Waals surface area contributed by atoms with E-state index in [1.165, 1.54) is 0 Å². The summed E-state index contributed by atoms with van der Waals surface area (Å²) in [6.45, 7) is 1.77. The van der Waals surface area contributed by atoms with Gasteiger partial charge in [0.15, 0.2) is 0 Å². The van der Waals surface area contributed by atoms with Crippen molar-refractivity contribution in [1.29, 1.82) is 10.5 Å². The fourth-order valence-electron chi connectivity index (χ4n) is 7.17.